The Hall–Kier alpha value is -1.13. The molecule has 2 atom stereocenters. The van der Waals surface area contributed by atoms with Gasteiger partial charge < -0.3 is 14.2 Å². The van der Waals surface area contributed by atoms with Gasteiger partial charge in [-0.1, -0.05) is 0 Å². The Bertz CT molecular complexity index is 410. The molecule has 2 aliphatic rings. The molecule has 0 aromatic rings. The Kier molecular flexibility index (Phi) is 3.34. The highest BCUT2D eigenvalue weighted by molar-refractivity contribution is 6.01. The third-order valence-electron chi connectivity index (χ3n) is 3.26. The van der Waals surface area contributed by atoms with Gasteiger partial charge in [0.15, 0.2) is 11.6 Å². The quantitative estimate of drug-likeness (QED) is 0.773. The Balaban J connectivity index is 2.22. The molecule has 1 heterocycles. The lowest BCUT2D eigenvalue weighted by atomic mass is 9.92. The van der Waals surface area contributed by atoms with E-state index in [0.717, 1.165) is 12.8 Å². The van der Waals surface area contributed by atoms with Gasteiger partial charge in [0.05, 0.1) is 13.2 Å². The molecular weight excluding hydrogens is 232 g/mol. The molecule has 0 saturated carbocycles. The second kappa shape index (κ2) is 4.52. The minimum atomic E-state index is -0.647. The van der Waals surface area contributed by atoms with Crippen LogP contribution in [0.3, 0.4) is 0 Å². The van der Waals surface area contributed by atoms with E-state index in [0.29, 0.717) is 5.76 Å². The van der Waals surface area contributed by atoms with Gasteiger partial charge in [0, 0.05) is 12.5 Å². The molecule has 0 aromatic heterocycles. The van der Waals surface area contributed by atoms with E-state index in [4.69, 9.17) is 14.2 Å². The lowest BCUT2D eigenvalue weighted by molar-refractivity contribution is -0.244. The summed E-state index contributed by atoms with van der Waals surface area (Å²) in [6.45, 7) is 5.89. The number of ketones is 1. The standard InChI is InChI=1S/C14H20O4/c1-10(2)17-13(3)7-8-14(18-13)6-5-11(15)9-12(14)16-4/h5-6,9-10H,7-8H2,1-4H3/t13?,14-/m0/s1. The number of hydrogen-bond donors (Lipinski definition) is 0. The van der Waals surface area contributed by atoms with Gasteiger partial charge in [-0.25, -0.2) is 0 Å². The number of carbonyl (C=O) groups is 1. The van der Waals surface area contributed by atoms with Crippen LogP contribution in [0.2, 0.25) is 0 Å². The predicted molar refractivity (Wildman–Crippen MR) is 66.9 cm³/mol. The van der Waals surface area contributed by atoms with Crippen molar-refractivity contribution < 1.29 is 19.0 Å². The third-order valence-corrected chi connectivity index (χ3v) is 3.26. The fourth-order valence-electron chi connectivity index (χ4n) is 2.60. The van der Waals surface area contributed by atoms with E-state index in [1.807, 2.05) is 20.8 Å². The van der Waals surface area contributed by atoms with Crippen LogP contribution in [0.1, 0.15) is 33.6 Å². The smallest absolute Gasteiger partial charge is 0.181 e. The predicted octanol–water partition coefficient (Wildman–Crippen LogP) is 2.35. The SMILES string of the molecule is COC1=CC(=O)C=C[C@]12CCC(C)(OC(C)C)O2. The number of carbonyl (C=O) groups excluding carboxylic acids is 1. The molecule has 1 spiro atoms. The first-order valence-corrected chi connectivity index (χ1v) is 6.26. The van der Waals surface area contributed by atoms with Gasteiger partial charge in [-0.2, -0.15) is 0 Å². The van der Waals surface area contributed by atoms with Crippen molar-refractivity contribution in [2.24, 2.45) is 0 Å². The highest BCUT2D eigenvalue weighted by atomic mass is 16.7. The molecular formula is C14H20O4. The van der Waals surface area contributed by atoms with E-state index in [-0.39, 0.29) is 11.9 Å². The zero-order valence-electron chi connectivity index (χ0n) is 11.4. The van der Waals surface area contributed by atoms with Crippen LogP contribution in [0, 0.1) is 0 Å². The van der Waals surface area contributed by atoms with Crippen molar-refractivity contribution in [2.45, 2.75) is 51.1 Å². The summed E-state index contributed by atoms with van der Waals surface area (Å²) in [7, 11) is 1.56. The molecule has 4 nitrogen and oxygen atoms in total. The van der Waals surface area contributed by atoms with Crippen molar-refractivity contribution in [1.82, 2.24) is 0 Å². The van der Waals surface area contributed by atoms with Crippen molar-refractivity contribution in [1.29, 1.82) is 0 Å². The second-order valence-electron chi connectivity index (χ2n) is 5.24. The minimum absolute atomic E-state index is 0.0699. The van der Waals surface area contributed by atoms with E-state index in [2.05, 4.69) is 0 Å². The molecule has 0 amide bonds. The lowest BCUT2D eigenvalue weighted by Gasteiger charge is -2.33. The third kappa shape index (κ3) is 2.35. The molecule has 0 aromatic carbocycles. The van der Waals surface area contributed by atoms with E-state index < -0.39 is 11.4 Å². The zero-order valence-corrected chi connectivity index (χ0v) is 11.4. The minimum Gasteiger partial charge on any atom is -0.498 e. The van der Waals surface area contributed by atoms with Gasteiger partial charge in [0.1, 0.15) is 11.4 Å². The van der Waals surface area contributed by atoms with Crippen molar-refractivity contribution in [3.8, 4) is 0 Å². The van der Waals surface area contributed by atoms with Crippen LogP contribution >= 0.6 is 0 Å². The van der Waals surface area contributed by atoms with Crippen LogP contribution in [0.15, 0.2) is 24.0 Å². The van der Waals surface area contributed by atoms with Gasteiger partial charge >= 0.3 is 0 Å². The van der Waals surface area contributed by atoms with Crippen molar-refractivity contribution in [3.05, 3.63) is 24.0 Å². The molecule has 100 valence electrons. The summed E-state index contributed by atoms with van der Waals surface area (Å²) < 4.78 is 17.2. The Morgan fingerprint density at radius 3 is 2.72 bits per heavy atom. The highest BCUT2D eigenvalue weighted by Gasteiger charge is 2.50. The van der Waals surface area contributed by atoms with Gasteiger partial charge in [0.2, 0.25) is 0 Å². The van der Waals surface area contributed by atoms with Gasteiger partial charge in [-0.3, -0.25) is 4.79 Å². The van der Waals surface area contributed by atoms with Gasteiger partial charge in [-0.05, 0) is 39.3 Å². The largest absolute Gasteiger partial charge is 0.498 e. The normalized spacial score (nSPS) is 35.4. The maximum absolute atomic E-state index is 11.4. The first-order valence-electron chi connectivity index (χ1n) is 6.26. The summed E-state index contributed by atoms with van der Waals surface area (Å²) in [6.07, 6.45) is 6.41. The molecule has 18 heavy (non-hydrogen) atoms. The first-order chi connectivity index (χ1) is 8.39. The maximum atomic E-state index is 11.4. The van der Waals surface area contributed by atoms with Crippen molar-refractivity contribution in [3.63, 3.8) is 0 Å². The van der Waals surface area contributed by atoms with Crippen molar-refractivity contribution in [2.75, 3.05) is 7.11 Å². The summed E-state index contributed by atoms with van der Waals surface area (Å²) in [5.41, 5.74) is -0.647. The molecule has 1 fully saturated rings. The Morgan fingerprint density at radius 1 is 1.39 bits per heavy atom. The maximum Gasteiger partial charge on any atom is 0.181 e. The molecule has 1 unspecified atom stereocenters. The number of hydrogen-bond acceptors (Lipinski definition) is 4. The molecule has 1 aliphatic heterocycles. The van der Waals surface area contributed by atoms with E-state index in [9.17, 15) is 4.79 Å². The fourth-order valence-corrected chi connectivity index (χ4v) is 2.60. The van der Waals surface area contributed by atoms with Crippen LogP contribution in [0.5, 0.6) is 0 Å². The fraction of sp³-hybridized carbons (Fsp3) is 0.643. The van der Waals surface area contributed by atoms with E-state index >= 15 is 0 Å². The number of allylic oxidation sites excluding steroid dienone is 2. The summed E-state index contributed by atoms with van der Waals surface area (Å²) in [5, 5.41) is 0. The molecule has 1 aliphatic carbocycles. The monoisotopic (exact) mass is 252 g/mol. The zero-order chi connectivity index (χ0) is 13.4. The van der Waals surface area contributed by atoms with Crippen LogP contribution < -0.4 is 0 Å². The average molecular weight is 252 g/mol. The molecule has 4 heteroatoms. The number of rotatable bonds is 3. The van der Waals surface area contributed by atoms with Crippen LogP contribution in [0.4, 0.5) is 0 Å². The van der Waals surface area contributed by atoms with Crippen LogP contribution in [0.25, 0.3) is 0 Å². The van der Waals surface area contributed by atoms with Crippen LogP contribution in [-0.4, -0.2) is 30.4 Å². The highest BCUT2D eigenvalue weighted by Crippen LogP contribution is 2.45. The molecule has 0 N–H and O–H groups in total. The average Bonchev–Trinajstić information content (AvgIpc) is 2.60. The Morgan fingerprint density at radius 2 is 2.11 bits per heavy atom. The van der Waals surface area contributed by atoms with Gasteiger partial charge in [-0.15, -0.1) is 0 Å². The summed E-state index contributed by atoms with van der Waals surface area (Å²) in [5.74, 6) is -0.137. The molecule has 2 rings (SSSR count). The number of methoxy groups -OCH3 is 1. The topological polar surface area (TPSA) is 44.8 Å². The van der Waals surface area contributed by atoms with Gasteiger partial charge in [0.25, 0.3) is 0 Å². The summed E-state index contributed by atoms with van der Waals surface area (Å²) in [6, 6.07) is 0. The second-order valence-corrected chi connectivity index (χ2v) is 5.24. The summed E-state index contributed by atoms with van der Waals surface area (Å²) >= 11 is 0. The van der Waals surface area contributed by atoms with Crippen molar-refractivity contribution >= 4 is 5.78 Å². The molecule has 1 saturated heterocycles. The van der Waals surface area contributed by atoms with E-state index in [1.165, 1.54) is 12.2 Å². The molecule has 0 bridgehead atoms. The van der Waals surface area contributed by atoms with E-state index in [1.54, 1.807) is 13.2 Å². The molecule has 0 radical (unpaired) electrons. The lowest BCUT2D eigenvalue weighted by Crippen LogP contribution is -2.39. The number of ether oxygens (including phenoxy) is 3. The summed E-state index contributed by atoms with van der Waals surface area (Å²) in [4.78, 5) is 11.4. The Labute approximate surface area is 108 Å². The van der Waals surface area contributed by atoms with Crippen LogP contribution in [-0.2, 0) is 19.0 Å². The first kappa shape index (κ1) is 13.3.